The fraction of sp³-hybridized carbons (Fsp3) is 0.176. The van der Waals surface area contributed by atoms with Gasteiger partial charge >= 0.3 is 0 Å². The standard InChI is InChI=1S/C17H17BrN2O2S/c1-11(2)22-13-9-7-12(8-10-13)16(21)20-17(23)19-15-6-4-3-5-14(15)18/h3-11H,1-2H3,(H2,19,20,21,23). The Labute approximate surface area is 149 Å². The van der Waals surface area contributed by atoms with Gasteiger partial charge in [-0.05, 0) is 78.4 Å². The molecule has 0 bridgehead atoms. The molecule has 0 fully saturated rings. The van der Waals surface area contributed by atoms with Crippen molar-refractivity contribution in [2.45, 2.75) is 20.0 Å². The van der Waals surface area contributed by atoms with Crippen LogP contribution in [-0.2, 0) is 0 Å². The quantitative estimate of drug-likeness (QED) is 0.758. The van der Waals surface area contributed by atoms with Crippen molar-refractivity contribution >= 4 is 44.9 Å². The predicted octanol–water partition coefficient (Wildman–Crippen LogP) is 4.36. The number of hydrogen-bond acceptors (Lipinski definition) is 3. The minimum atomic E-state index is -0.273. The van der Waals surface area contributed by atoms with E-state index < -0.39 is 0 Å². The Kier molecular flexibility index (Phi) is 6.12. The van der Waals surface area contributed by atoms with E-state index in [0.717, 1.165) is 15.9 Å². The van der Waals surface area contributed by atoms with Gasteiger partial charge in [0.25, 0.3) is 5.91 Å². The van der Waals surface area contributed by atoms with Crippen LogP contribution in [0.3, 0.4) is 0 Å². The highest BCUT2D eigenvalue weighted by Gasteiger charge is 2.09. The molecule has 0 atom stereocenters. The van der Waals surface area contributed by atoms with Crippen LogP contribution in [0.4, 0.5) is 5.69 Å². The van der Waals surface area contributed by atoms with Gasteiger partial charge in [0.15, 0.2) is 5.11 Å². The molecule has 2 rings (SSSR count). The number of nitrogens with one attached hydrogen (secondary N) is 2. The van der Waals surface area contributed by atoms with Gasteiger partial charge in [0.1, 0.15) is 5.75 Å². The van der Waals surface area contributed by atoms with Crippen LogP contribution in [0, 0.1) is 0 Å². The summed E-state index contributed by atoms with van der Waals surface area (Å²) in [6.45, 7) is 3.90. The van der Waals surface area contributed by atoms with E-state index in [1.54, 1.807) is 24.3 Å². The number of hydrogen-bond donors (Lipinski definition) is 2. The number of anilines is 1. The molecule has 6 heteroatoms. The third-order valence-corrected chi connectivity index (χ3v) is 3.73. The molecule has 0 heterocycles. The first kappa shape index (κ1) is 17.4. The smallest absolute Gasteiger partial charge is 0.257 e. The Morgan fingerprint density at radius 2 is 1.78 bits per heavy atom. The summed E-state index contributed by atoms with van der Waals surface area (Å²) in [5.74, 6) is 0.455. The van der Waals surface area contributed by atoms with E-state index in [1.807, 2.05) is 38.1 Å². The van der Waals surface area contributed by atoms with Crippen LogP contribution in [0.1, 0.15) is 24.2 Å². The van der Waals surface area contributed by atoms with Crippen molar-refractivity contribution in [2.24, 2.45) is 0 Å². The Morgan fingerprint density at radius 3 is 2.39 bits per heavy atom. The number of carbonyl (C=O) groups is 1. The molecule has 0 aliphatic heterocycles. The largest absolute Gasteiger partial charge is 0.491 e. The second-order valence-electron chi connectivity index (χ2n) is 5.08. The predicted molar refractivity (Wildman–Crippen MR) is 100 cm³/mol. The Hall–Kier alpha value is -1.92. The van der Waals surface area contributed by atoms with Crippen LogP contribution in [0.2, 0.25) is 0 Å². The van der Waals surface area contributed by atoms with Crippen molar-refractivity contribution in [3.05, 3.63) is 58.6 Å². The summed E-state index contributed by atoms with van der Waals surface area (Å²) in [6, 6.07) is 14.5. The highest BCUT2D eigenvalue weighted by molar-refractivity contribution is 9.10. The lowest BCUT2D eigenvalue weighted by molar-refractivity contribution is 0.0977. The Balaban J connectivity index is 1.96. The number of thiocarbonyl (C=S) groups is 1. The van der Waals surface area contributed by atoms with Crippen molar-refractivity contribution in [1.29, 1.82) is 0 Å². The number of amides is 1. The maximum atomic E-state index is 12.2. The lowest BCUT2D eigenvalue weighted by atomic mass is 10.2. The SMILES string of the molecule is CC(C)Oc1ccc(C(=O)NC(=S)Nc2ccccc2Br)cc1. The van der Waals surface area contributed by atoms with E-state index >= 15 is 0 Å². The lowest BCUT2D eigenvalue weighted by Gasteiger charge is -2.12. The minimum Gasteiger partial charge on any atom is -0.491 e. The van der Waals surface area contributed by atoms with E-state index in [2.05, 4.69) is 26.6 Å². The van der Waals surface area contributed by atoms with Gasteiger partial charge in [0.2, 0.25) is 0 Å². The Morgan fingerprint density at radius 1 is 1.13 bits per heavy atom. The third-order valence-electron chi connectivity index (χ3n) is 2.84. The molecule has 0 unspecified atom stereocenters. The van der Waals surface area contributed by atoms with Crippen LogP contribution in [0.5, 0.6) is 5.75 Å². The zero-order chi connectivity index (χ0) is 16.8. The second kappa shape index (κ2) is 8.08. The van der Waals surface area contributed by atoms with Gasteiger partial charge in [-0.15, -0.1) is 0 Å². The molecule has 120 valence electrons. The fourth-order valence-electron chi connectivity index (χ4n) is 1.85. The average Bonchev–Trinajstić information content (AvgIpc) is 2.49. The van der Waals surface area contributed by atoms with Crippen molar-refractivity contribution in [3.8, 4) is 5.75 Å². The van der Waals surface area contributed by atoms with Gasteiger partial charge < -0.3 is 10.1 Å². The molecule has 0 radical (unpaired) electrons. The molecule has 1 amide bonds. The zero-order valence-corrected chi connectivity index (χ0v) is 15.2. The first-order valence-corrected chi connectivity index (χ1v) is 8.29. The first-order chi connectivity index (χ1) is 11.0. The topological polar surface area (TPSA) is 50.4 Å². The van der Waals surface area contributed by atoms with E-state index in [0.29, 0.717) is 5.56 Å². The van der Waals surface area contributed by atoms with Gasteiger partial charge in [0.05, 0.1) is 11.8 Å². The number of rotatable bonds is 4. The average molecular weight is 393 g/mol. The van der Waals surface area contributed by atoms with Gasteiger partial charge in [-0.1, -0.05) is 12.1 Å². The van der Waals surface area contributed by atoms with E-state index in [9.17, 15) is 4.79 Å². The molecule has 2 aromatic carbocycles. The van der Waals surface area contributed by atoms with Crippen molar-refractivity contribution in [2.75, 3.05) is 5.32 Å². The number of carbonyl (C=O) groups excluding carboxylic acids is 1. The van der Waals surface area contributed by atoms with Crippen molar-refractivity contribution < 1.29 is 9.53 Å². The molecular formula is C17H17BrN2O2S. The molecule has 23 heavy (non-hydrogen) atoms. The number of ether oxygens (including phenoxy) is 1. The molecular weight excluding hydrogens is 376 g/mol. The number of para-hydroxylation sites is 1. The van der Waals surface area contributed by atoms with Gasteiger partial charge in [-0.2, -0.15) is 0 Å². The van der Waals surface area contributed by atoms with Crippen LogP contribution < -0.4 is 15.4 Å². The summed E-state index contributed by atoms with van der Waals surface area (Å²) in [4.78, 5) is 12.2. The van der Waals surface area contributed by atoms with E-state index in [-0.39, 0.29) is 17.1 Å². The van der Waals surface area contributed by atoms with E-state index in [4.69, 9.17) is 17.0 Å². The van der Waals surface area contributed by atoms with Gasteiger partial charge in [-0.3, -0.25) is 10.1 Å². The molecule has 2 aromatic rings. The molecule has 0 aliphatic carbocycles. The summed E-state index contributed by atoms with van der Waals surface area (Å²) >= 11 is 8.58. The third kappa shape index (κ3) is 5.33. The molecule has 0 aliphatic rings. The molecule has 0 saturated heterocycles. The molecule has 2 N–H and O–H groups in total. The molecule has 4 nitrogen and oxygen atoms in total. The van der Waals surface area contributed by atoms with Gasteiger partial charge in [-0.25, -0.2) is 0 Å². The maximum absolute atomic E-state index is 12.2. The van der Waals surface area contributed by atoms with E-state index in [1.165, 1.54) is 0 Å². The number of halogens is 1. The van der Waals surface area contributed by atoms with Crippen LogP contribution in [-0.4, -0.2) is 17.1 Å². The summed E-state index contributed by atoms with van der Waals surface area (Å²) in [6.07, 6.45) is 0.0933. The summed E-state index contributed by atoms with van der Waals surface area (Å²) < 4.78 is 6.41. The minimum absolute atomic E-state index is 0.0933. The van der Waals surface area contributed by atoms with Gasteiger partial charge in [0, 0.05) is 10.0 Å². The van der Waals surface area contributed by atoms with Crippen LogP contribution in [0.15, 0.2) is 53.0 Å². The second-order valence-corrected chi connectivity index (χ2v) is 6.34. The number of benzene rings is 2. The Bertz CT molecular complexity index is 702. The molecule has 0 aromatic heterocycles. The summed E-state index contributed by atoms with van der Waals surface area (Å²) in [7, 11) is 0. The fourth-order valence-corrected chi connectivity index (χ4v) is 2.44. The highest BCUT2D eigenvalue weighted by atomic mass is 79.9. The highest BCUT2D eigenvalue weighted by Crippen LogP contribution is 2.21. The van der Waals surface area contributed by atoms with Crippen molar-refractivity contribution in [3.63, 3.8) is 0 Å². The first-order valence-electron chi connectivity index (χ1n) is 7.09. The summed E-state index contributed by atoms with van der Waals surface area (Å²) in [5.41, 5.74) is 1.30. The van der Waals surface area contributed by atoms with Crippen LogP contribution >= 0.6 is 28.1 Å². The summed E-state index contributed by atoms with van der Waals surface area (Å²) in [5, 5.41) is 5.87. The van der Waals surface area contributed by atoms with Crippen LogP contribution in [0.25, 0.3) is 0 Å². The maximum Gasteiger partial charge on any atom is 0.257 e. The lowest BCUT2D eigenvalue weighted by Crippen LogP contribution is -2.34. The normalized spacial score (nSPS) is 10.3. The zero-order valence-electron chi connectivity index (χ0n) is 12.8. The van der Waals surface area contributed by atoms with Crippen molar-refractivity contribution in [1.82, 2.24) is 5.32 Å². The molecule has 0 saturated carbocycles. The molecule has 0 spiro atoms. The monoisotopic (exact) mass is 392 g/mol.